The van der Waals surface area contributed by atoms with Crippen LogP contribution >= 0.6 is 34.4 Å². The van der Waals surface area contributed by atoms with Gasteiger partial charge in [-0.1, -0.05) is 30.0 Å². The molecule has 2 heterocycles. The highest BCUT2D eigenvalue weighted by atomic mass is 127. The second kappa shape index (κ2) is 6.97. The summed E-state index contributed by atoms with van der Waals surface area (Å²) >= 11 is 3.47. The van der Waals surface area contributed by atoms with Crippen molar-refractivity contribution in [2.24, 2.45) is 0 Å². The summed E-state index contributed by atoms with van der Waals surface area (Å²) in [5.41, 5.74) is -0.285. The number of nitrogens with zero attached hydrogens (tertiary/aromatic N) is 2. The smallest absolute Gasteiger partial charge is 0.350 e. The normalized spacial score (nSPS) is 20.4. The highest BCUT2D eigenvalue weighted by Crippen LogP contribution is 2.38. The van der Waals surface area contributed by atoms with Gasteiger partial charge < -0.3 is 10.1 Å². The zero-order valence-corrected chi connectivity index (χ0v) is 14.6. The van der Waals surface area contributed by atoms with Crippen molar-refractivity contribution in [3.8, 4) is 0 Å². The molecule has 1 N–H and O–H groups in total. The molecule has 1 aliphatic rings. The van der Waals surface area contributed by atoms with E-state index in [9.17, 15) is 14.0 Å². The number of hydrogen-bond acceptors (Lipinski definition) is 5. The predicted octanol–water partition coefficient (Wildman–Crippen LogP) is 2.62. The maximum Gasteiger partial charge on any atom is 0.350 e. The summed E-state index contributed by atoms with van der Waals surface area (Å²) in [6.07, 6.45) is 1.05. The second-order valence-corrected chi connectivity index (χ2v) is 7.87. The second-order valence-electron chi connectivity index (χ2n) is 4.65. The first kappa shape index (κ1) is 16.4. The molecule has 0 saturated carbocycles. The van der Waals surface area contributed by atoms with Gasteiger partial charge in [-0.25, -0.2) is 9.18 Å². The summed E-state index contributed by atoms with van der Waals surface area (Å²) in [7, 11) is 0. The first-order chi connectivity index (χ1) is 11.0. The standard InChI is InChI=1S/C14H11FIN3O3S/c15-9-6-19(10-7-22-13(16)23-10)14(21)18-11(9)17-12(20)8-4-2-1-3-5-8/h1-6,10,13H,7H2,(H,17,18,20,21)/t10-,13-/m0/s1. The summed E-state index contributed by atoms with van der Waals surface area (Å²) < 4.78 is 20.6. The molecule has 0 bridgehead atoms. The molecule has 1 saturated heterocycles. The third kappa shape index (κ3) is 3.72. The van der Waals surface area contributed by atoms with E-state index in [1.807, 2.05) is 0 Å². The molecule has 0 unspecified atom stereocenters. The Bertz CT molecular complexity index is 787. The largest absolute Gasteiger partial charge is 0.355 e. The lowest BCUT2D eigenvalue weighted by Gasteiger charge is -2.12. The van der Waals surface area contributed by atoms with Crippen LogP contribution in [0, 0.1) is 5.82 Å². The summed E-state index contributed by atoms with van der Waals surface area (Å²) in [4.78, 5) is 27.7. The fourth-order valence-electron chi connectivity index (χ4n) is 2.01. The number of benzene rings is 1. The van der Waals surface area contributed by atoms with Crippen LogP contribution in [-0.4, -0.2) is 25.5 Å². The SMILES string of the molecule is O=C(Nc1nc(=O)n([C@@H]2CO[C@H](I)S2)cc1F)c1ccccc1. The maximum atomic E-state index is 14.2. The molecule has 3 rings (SSSR count). The van der Waals surface area contributed by atoms with E-state index in [1.54, 1.807) is 30.3 Å². The number of ether oxygens (including phenoxy) is 1. The van der Waals surface area contributed by atoms with Gasteiger partial charge in [-0.3, -0.25) is 9.36 Å². The fraction of sp³-hybridized carbons (Fsp3) is 0.214. The van der Waals surface area contributed by atoms with E-state index in [-0.39, 0.29) is 14.6 Å². The van der Waals surface area contributed by atoms with Gasteiger partial charge in [0, 0.05) is 11.8 Å². The Morgan fingerprint density at radius 1 is 1.43 bits per heavy atom. The Kier molecular flexibility index (Phi) is 4.97. The molecule has 1 aliphatic heterocycles. The molecule has 120 valence electrons. The third-order valence-corrected chi connectivity index (χ3v) is 5.39. The van der Waals surface area contributed by atoms with Crippen LogP contribution in [-0.2, 0) is 4.74 Å². The van der Waals surface area contributed by atoms with E-state index in [2.05, 4.69) is 32.9 Å². The molecule has 23 heavy (non-hydrogen) atoms. The van der Waals surface area contributed by atoms with Crippen LogP contribution < -0.4 is 11.0 Å². The lowest BCUT2D eigenvalue weighted by Crippen LogP contribution is -2.28. The summed E-state index contributed by atoms with van der Waals surface area (Å²) in [5.74, 6) is -1.68. The highest BCUT2D eigenvalue weighted by Gasteiger charge is 2.27. The van der Waals surface area contributed by atoms with Gasteiger partial charge in [0.05, 0.1) is 6.61 Å². The number of thioether (sulfide) groups is 1. The number of alkyl halides is 1. The first-order valence-electron chi connectivity index (χ1n) is 6.61. The molecular weight excluding hydrogens is 436 g/mol. The Hall–Kier alpha value is -1.46. The van der Waals surface area contributed by atoms with Crippen molar-refractivity contribution in [1.29, 1.82) is 0 Å². The van der Waals surface area contributed by atoms with E-state index in [0.29, 0.717) is 12.2 Å². The number of halogens is 2. The highest BCUT2D eigenvalue weighted by molar-refractivity contribution is 14.1. The van der Waals surface area contributed by atoms with Crippen molar-refractivity contribution in [2.75, 3.05) is 11.9 Å². The maximum absolute atomic E-state index is 14.2. The van der Waals surface area contributed by atoms with Gasteiger partial charge in [0.1, 0.15) is 5.37 Å². The molecule has 9 heteroatoms. The quantitative estimate of drug-likeness (QED) is 0.579. The summed E-state index contributed by atoms with van der Waals surface area (Å²) in [6, 6.07) is 8.31. The van der Waals surface area contributed by atoms with Crippen molar-refractivity contribution < 1.29 is 13.9 Å². The van der Waals surface area contributed by atoms with Gasteiger partial charge in [0.15, 0.2) is 15.1 Å². The summed E-state index contributed by atoms with van der Waals surface area (Å²) in [5, 5.41) is 1.99. The number of amides is 1. The van der Waals surface area contributed by atoms with Crippen LogP contribution in [0.15, 0.2) is 41.3 Å². The van der Waals surface area contributed by atoms with E-state index in [1.165, 1.54) is 16.3 Å². The summed E-state index contributed by atoms with van der Waals surface area (Å²) in [6.45, 7) is 0.301. The van der Waals surface area contributed by atoms with Crippen molar-refractivity contribution in [2.45, 2.75) is 8.82 Å². The van der Waals surface area contributed by atoms with Gasteiger partial charge in [0.2, 0.25) is 0 Å². The fourth-order valence-corrected chi connectivity index (χ4v) is 4.08. The van der Waals surface area contributed by atoms with E-state index in [0.717, 1.165) is 6.20 Å². The average Bonchev–Trinajstić information content (AvgIpc) is 2.97. The van der Waals surface area contributed by atoms with Crippen molar-refractivity contribution in [3.05, 3.63) is 58.4 Å². The topological polar surface area (TPSA) is 73.2 Å². The van der Waals surface area contributed by atoms with E-state index in [4.69, 9.17) is 4.74 Å². The molecule has 6 nitrogen and oxygen atoms in total. The lowest BCUT2D eigenvalue weighted by molar-refractivity contribution is 0.102. The van der Waals surface area contributed by atoms with Crippen molar-refractivity contribution >= 4 is 46.1 Å². The number of carbonyl (C=O) groups is 1. The molecule has 0 aliphatic carbocycles. The van der Waals surface area contributed by atoms with Gasteiger partial charge in [-0.15, -0.1) is 0 Å². The number of aromatic nitrogens is 2. The number of anilines is 1. The third-order valence-electron chi connectivity index (χ3n) is 3.12. The minimum absolute atomic E-state index is 0.0926. The van der Waals surface area contributed by atoms with Crippen LogP contribution in [0.25, 0.3) is 0 Å². The number of hydrogen-bond donors (Lipinski definition) is 1. The Morgan fingerprint density at radius 3 is 2.83 bits per heavy atom. The number of carbonyl (C=O) groups excluding carboxylic acids is 1. The molecular formula is C14H11FIN3O3S. The predicted molar refractivity (Wildman–Crippen MR) is 93.2 cm³/mol. The first-order valence-corrected chi connectivity index (χ1v) is 8.79. The van der Waals surface area contributed by atoms with Crippen molar-refractivity contribution in [3.63, 3.8) is 0 Å². The van der Waals surface area contributed by atoms with Crippen LogP contribution in [0.4, 0.5) is 10.2 Å². The zero-order chi connectivity index (χ0) is 16.4. The van der Waals surface area contributed by atoms with Crippen molar-refractivity contribution in [1.82, 2.24) is 9.55 Å². The van der Waals surface area contributed by atoms with E-state index >= 15 is 0 Å². The molecule has 0 radical (unpaired) electrons. The minimum atomic E-state index is -0.772. The molecule has 0 spiro atoms. The molecule has 1 aromatic heterocycles. The van der Waals surface area contributed by atoms with Gasteiger partial charge in [0.25, 0.3) is 5.91 Å². The zero-order valence-electron chi connectivity index (χ0n) is 11.6. The molecule has 1 aromatic carbocycles. The number of nitrogens with one attached hydrogen (secondary N) is 1. The molecule has 2 atom stereocenters. The van der Waals surface area contributed by atoms with Gasteiger partial charge >= 0.3 is 5.69 Å². The van der Waals surface area contributed by atoms with Crippen LogP contribution in [0.5, 0.6) is 0 Å². The van der Waals surface area contributed by atoms with Crippen LogP contribution in [0.3, 0.4) is 0 Å². The Morgan fingerprint density at radius 2 is 2.17 bits per heavy atom. The number of rotatable bonds is 3. The van der Waals surface area contributed by atoms with Crippen LogP contribution in [0.2, 0.25) is 0 Å². The Balaban J connectivity index is 1.83. The molecule has 2 aromatic rings. The monoisotopic (exact) mass is 447 g/mol. The van der Waals surface area contributed by atoms with E-state index < -0.39 is 17.4 Å². The van der Waals surface area contributed by atoms with Gasteiger partial charge in [-0.05, 0) is 34.7 Å². The molecule has 1 fully saturated rings. The molecule has 1 amide bonds. The van der Waals surface area contributed by atoms with Crippen LogP contribution in [0.1, 0.15) is 15.7 Å². The lowest BCUT2D eigenvalue weighted by atomic mass is 10.2. The minimum Gasteiger partial charge on any atom is -0.355 e. The average molecular weight is 447 g/mol. The van der Waals surface area contributed by atoms with Gasteiger partial charge in [-0.2, -0.15) is 4.98 Å². The Labute approximate surface area is 148 Å².